The number of carbonyl (C=O) groups is 1. The van der Waals surface area contributed by atoms with Crippen molar-refractivity contribution in [3.63, 3.8) is 0 Å². The highest BCUT2D eigenvalue weighted by Gasteiger charge is 2.22. The number of benzene rings is 1. The van der Waals surface area contributed by atoms with Gasteiger partial charge in [0.15, 0.2) is 0 Å². The molecule has 0 atom stereocenters. The van der Waals surface area contributed by atoms with Crippen molar-refractivity contribution >= 4 is 21.6 Å². The Kier molecular flexibility index (Phi) is 4.18. The van der Waals surface area contributed by atoms with Crippen molar-refractivity contribution in [3.05, 3.63) is 47.8 Å². The second-order valence-electron chi connectivity index (χ2n) is 4.45. The molecular formula is C13H13F2N3O3S. The van der Waals surface area contributed by atoms with Gasteiger partial charge in [0.25, 0.3) is 15.9 Å². The van der Waals surface area contributed by atoms with Crippen LogP contribution in [0.5, 0.6) is 0 Å². The van der Waals surface area contributed by atoms with E-state index in [1.54, 1.807) is 0 Å². The lowest BCUT2D eigenvalue weighted by Gasteiger charge is -2.08. The first-order chi connectivity index (χ1) is 10.3. The van der Waals surface area contributed by atoms with Crippen molar-refractivity contribution in [1.29, 1.82) is 0 Å². The van der Waals surface area contributed by atoms with Crippen molar-refractivity contribution in [2.75, 3.05) is 11.8 Å². The summed E-state index contributed by atoms with van der Waals surface area (Å²) in [6.45, 7) is 0. The molecule has 0 bridgehead atoms. The highest BCUT2D eigenvalue weighted by atomic mass is 32.2. The summed E-state index contributed by atoms with van der Waals surface area (Å²) in [7, 11) is -1.35. The molecule has 0 saturated carbocycles. The quantitative estimate of drug-likeness (QED) is 0.891. The van der Waals surface area contributed by atoms with Crippen LogP contribution in [0.25, 0.3) is 0 Å². The standard InChI is InChI=1S/C13H13F2N3O3S/c1-16-13(19)11-6-8(7-18(11)2)22(20,21)17-12-9(14)4-3-5-10(12)15/h3-7,17H,1-2H3,(H,16,19). The van der Waals surface area contributed by atoms with Gasteiger partial charge in [0.05, 0.1) is 0 Å². The first kappa shape index (κ1) is 16.0. The summed E-state index contributed by atoms with van der Waals surface area (Å²) in [4.78, 5) is 11.3. The summed E-state index contributed by atoms with van der Waals surface area (Å²) >= 11 is 0. The molecule has 0 aliphatic rings. The average Bonchev–Trinajstić information content (AvgIpc) is 2.85. The van der Waals surface area contributed by atoms with Crippen LogP contribution in [0.2, 0.25) is 0 Å². The number of rotatable bonds is 4. The Hall–Kier alpha value is -2.42. The zero-order chi connectivity index (χ0) is 16.5. The number of nitrogens with zero attached hydrogens (tertiary/aromatic N) is 1. The molecular weight excluding hydrogens is 316 g/mol. The van der Waals surface area contributed by atoms with Crippen molar-refractivity contribution in [2.24, 2.45) is 7.05 Å². The summed E-state index contributed by atoms with van der Waals surface area (Å²) in [5, 5.41) is 2.36. The van der Waals surface area contributed by atoms with E-state index < -0.39 is 33.3 Å². The lowest BCUT2D eigenvalue weighted by atomic mass is 10.3. The summed E-state index contributed by atoms with van der Waals surface area (Å²) in [6.07, 6.45) is 1.17. The predicted octanol–water partition coefficient (Wildman–Crippen LogP) is 1.46. The molecule has 1 heterocycles. The summed E-state index contributed by atoms with van der Waals surface area (Å²) in [5.41, 5.74) is -0.676. The number of anilines is 1. The van der Waals surface area contributed by atoms with E-state index in [0.717, 1.165) is 24.3 Å². The highest BCUT2D eigenvalue weighted by molar-refractivity contribution is 7.92. The lowest BCUT2D eigenvalue weighted by molar-refractivity contribution is 0.0955. The van der Waals surface area contributed by atoms with Crippen molar-refractivity contribution in [3.8, 4) is 0 Å². The smallest absolute Gasteiger partial charge is 0.267 e. The van der Waals surface area contributed by atoms with E-state index in [4.69, 9.17) is 0 Å². The molecule has 0 saturated heterocycles. The lowest BCUT2D eigenvalue weighted by Crippen LogP contribution is -2.20. The Morgan fingerprint density at radius 2 is 1.82 bits per heavy atom. The van der Waals surface area contributed by atoms with Crippen LogP contribution >= 0.6 is 0 Å². The normalized spacial score (nSPS) is 11.3. The van der Waals surface area contributed by atoms with Crippen molar-refractivity contribution < 1.29 is 22.0 Å². The topological polar surface area (TPSA) is 80.2 Å². The van der Waals surface area contributed by atoms with Gasteiger partial charge in [-0.15, -0.1) is 0 Å². The first-order valence-corrected chi connectivity index (χ1v) is 7.60. The van der Waals surface area contributed by atoms with Gasteiger partial charge in [0.2, 0.25) is 0 Å². The van der Waals surface area contributed by atoms with Gasteiger partial charge in [-0.25, -0.2) is 17.2 Å². The monoisotopic (exact) mass is 329 g/mol. The average molecular weight is 329 g/mol. The van der Waals surface area contributed by atoms with Gasteiger partial charge < -0.3 is 9.88 Å². The molecule has 2 N–H and O–H groups in total. The van der Waals surface area contributed by atoms with E-state index in [1.165, 1.54) is 24.9 Å². The molecule has 0 aliphatic heterocycles. The predicted molar refractivity (Wildman–Crippen MR) is 76.0 cm³/mol. The highest BCUT2D eigenvalue weighted by Crippen LogP contribution is 2.23. The minimum atomic E-state index is -4.23. The molecule has 0 aliphatic carbocycles. The largest absolute Gasteiger partial charge is 0.354 e. The van der Waals surface area contributed by atoms with Gasteiger partial charge in [-0.1, -0.05) is 6.07 Å². The number of aryl methyl sites for hydroxylation is 1. The molecule has 0 unspecified atom stereocenters. The second-order valence-corrected chi connectivity index (χ2v) is 6.14. The maximum absolute atomic E-state index is 13.5. The Bertz CT molecular complexity index is 811. The molecule has 1 aromatic carbocycles. The number of carbonyl (C=O) groups excluding carboxylic acids is 1. The van der Waals surface area contributed by atoms with E-state index in [1.807, 2.05) is 4.72 Å². The zero-order valence-corrected chi connectivity index (χ0v) is 12.5. The molecule has 0 fully saturated rings. The summed E-state index contributed by atoms with van der Waals surface area (Å²) in [5.74, 6) is -2.56. The van der Waals surface area contributed by atoms with Crippen LogP contribution in [-0.2, 0) is 17.1 Å². The van der Waals surface area contributed by atoms with Crippen LogP contribution in [0.15, 0.2) is 35.4 Å². The molecule has 22 heavy (non-hydrogen) atoms. The van der Waals surface area contributed by atoms with E-state index >= 15 is 0 Å². The van der Waals surface area contributed by atoms with Crippen LogP contribution in [0, 0.1) is 11.6 Å². The SMILES string of the molecule is CNC(=O)c1cc(S(=O)(=O)Nc2c(F)cccc2F)cn1C. The molecule has 2 rings (SSSR count). The van der Waals surface area contributed by atoms with Gasteiger partial charge in [-0.05, 0) is 18.2 Å². The third-order valence-corrected chi connectivity index (χ3v) is 4.27. The number of amides is 1. The Balaban J connectivity index is 2.42. The molecule has 0 radical (unpaired) electrons. The van der Waals surface area contributed by atoms with E-state index in [0.29, 0.717) is 0 Å². The van der Waals surface area contributed by atoms with Crippen molar-refractivity contribution in [1.82, 2.24) is 9.88 Å². The third kappa shape index (κ3) is 2.93. The maximum atomic E-state index is 13.5. The van der Waals surface area contributed by atoms with Crippen LogP contribution in [-0.4, -0.2) is 25.9 Å². The van der Waals surface area contributed by atoms with Crippen LogP contribution < -0.4 is 10.0 Å². The number of sulfonamides is 1. The zero-order valence-electron chi connectivity index (χ0n) is 11.7. The third-order valence-electron chi connectivity index (χ3n) is 2.95. The fourth-order valence-corrected chi connectivity index (χ4v) is 2.97. The fraction of sp³-hybridized carbons (Fsp3) is 0.154. The molecule has 118 valence electrons. The molecule has 0 spiro atoms. The number of para-hydroxylation sites is 1. The summed E-state index contributed by atoms with van der Waals surface area (Å²) in [6, 6.07) is 4.10. The number of halogens is 2. The summed E-state index contributed by atoms with van der Waals surface area (Å²) < 4.78 is 54.6. The van der Waals surface area contributed by atoms with E-state index in [9.17, 15) is 22.0 Å². The Morgan fingerprint density at radius 1 is 1.23 bits per heavy atom. The molecule has 9 heteroatoms. The first-order valence-electron chi connectivity index (χ1n) is 6.11. The Labute approximate surface area is 125 Å². The van der Waals surface area contributed by atoms with Gasteiger partial charge in [0.1, 0.15) is 27.9 Å². The van der Waals surface area contributed by atoms with Gasteiger partial charge in [0, 0.05) is 20.3 Å². The number of hydrogen-bond acceptors (Lipinski definition) is 3. The Morgan fingerprint density at radius 3 is 2.36 bits per heavy atom. The number of nitrogens with one attached hydrogen (secondary N) is 2. The van der Waals surface area contributed by atoms with E-state index in [2.05, 4.69) is 5.32 Å². The maximum Gasteiger partial charge on any atom is 0.267 e. The molecule has 1 amide bonds. The number of aromatic nitrogens is 1. The molecule has 2 aromatic rings. The van der Waals surface area contributed by atoms with Gasteiger partial charge in [-0.2, -0.15) is 0 Å². The number of hydrogen-bond donors (Lipinski definition) is 2. The minimum Gasteiger partial charge on any atom is -0.354 e. The second kappa shape index (κ2) is 5.76. The fourth-order valence-electron chi connectivity index (χ4n) is 1.82. The van der Waals surface area contributed by atoms with Crippen LogP contribution in [0.1, 0.15) is 10.5 Å². The molecule has 1 aromatic heterocycles. The minimum absolute atomic E-state index is 0.0943. The van der Waals surface area contributed by atoms with Gasteiger partial charge in [-0.3, -0.25) is 9.52 Å². The van der Waals surface area contributed by atoms with E-state index in [-0.39, 0.29) is 10.6 Å². The molecule has 6 nitrogen and oxygen atoms in total. The van der Waals surface area contributed by atoms with Crippen LogP contribution in [0.4, 0.5) is 14.5 Å². The van der Waals surface area contributed by atoms with Crippen LogP contribution in [0.3, 0.4) is 0 Å². The van der Waals surface area contributed by atoms with Gasteiger partial charge >= 0.3 is 0 Å². The van der Waals surface area contributed by atoms with Crippen molar-refractivity contribution in [2.45, 2.75) is 4.90 Å².